The quantitative estimate of drug-likeness (QED) is 0.576. The fourth-order valence-corrected chi connectivity index (χ4v) is 5.80. The van der Waals surface area contributed by atoms with E-state index in [-0.39, 0.29) is 16.6 Å². The number of sulfonamides is 1. The molecule has 1 aliphatic heterocycles. The summed E-state index contributed by atoms with van der Waals surface area (Å²) in [5, 5.41) is 3.15. The molecule has 0 spiro atoms. The second-order valence-corrected chi connectivity index (χ2v) is 10.1. The van der Waals surface area contributed by atoms with Crippen molar-refractivity contribution in [1.29, 1.82) is 0 Å². The number of fused-ring (bicyclic) bond motifs is 1. The number of hydrogen-bond donors (Lipinski definition) is 1. The number of piperidine rings is 1. The number of anilines is 1. The normalized spacial score (nSPS) is 15.4. The SMILES string of the molecule is Cc1ccc(NC(=O)CSc2nc3ccccc3o2)c(S(=O)(=O)N2CCCCC2)c1. The number of carbonyl (C=O) groups is 1. The molecule has 3 aromatic rings. The minimum absolute atomic E-state index is 0.0594. The van der Waals surface area contributed by atoms with Crippen LogP contribution in [0.2, 0.25) is 0 Å². The van der Waals surface area contributed by atoms with Gasteiger partial charge in [-0.3, -0.25) is 4.79 Å². The number of para-hydroxylation sites is 2. The summed E-state index contributed by atoms with van der Waals surface area (Å²) in [6.07, 6.45) is 2.75. The molecular formula is C21H23N3O4S2. The first-order valence-electron chi connectivity index (χ1n) is 9.82. The van der Waals surface area contributed by atoms with Crippen molar-refractivity contribution in [2.75, 3.05) is 24.2 Å². The third-order valence-electron chi connectivity index (χ3n) is 4.95. The Labute approximate surface area is 179 Å². The number of rotatable bonds is 6. The summed E-state index contributed by atoms with van der Waals surface area (Å²) >= 11 is 1.17. The monoisotopic (exact) mass is 445 g/mol. The minimum Gasteiger partial charge on any atom is -0.431 e. The number of nitrogens with one attached hydrogen (secondary N) is 1. The second-order valence-electron chi connectivity index (χ2n) is 7.25. The highest BCUT2D eigenvalue weighted by molar-refractivity contribution is 7.99. The number of oxazole rings is 1. The number of carbonyl (C=O) groups excluding carboxylic acids is 1. The molecule has 1 N–H and O–H groups in total. The predicted molar refractivity (Wildman–Crippen MR) is 117 cm³/mol. The number of nitrogens with zero attached hydrogens (tertiary/aromatic N) is 2. The third-order valence-corrected chi connectivity index (χ3v) is 7.71. The van der Waals surface area contributed by atoms with Crippen LogP contribution in [0.25, 0.3) is 11.1 Å². The maximum Gasteiger partial charge on any atom is 0.257 e. The number of aryl methyl sites for hydroxylation is 1. The van der Waals surface area contributed by atoms with Crippen molar-refractivity contribution < 1.29 is 17.6 Å². The minimum atomic E-state index is -3.66. The molecule has 1 aliphatic rings. The average molecular weight is 446 g/mol. The molecule has 4 rings (SSSR count). The largest absolute Gasteiger partial charge is 0.431 e. The third kappa shape index (κ3) is 4.53. The Morgan fingerprint density at radius 1 is 1.17 bits per heavy atom. The van der Waals surface area contributed by atoms with Crippen molar-refractivity contribution in [3.63, 3.8) is 0 Å². The molecule has 9 heteroatoms. The Kier molecular flexibility index (Phi) is 6.12. The molecule has 0 radical (unpaired) electrons. The van der Waals surface area contributed by atoms with Crippen LogP contribution < -0.4 is 5.32 Å². The van der Waals surface area contributed by atoms with Crippen LogP contribution >= 0.6 is 11.8 Å². The fraction of sp³-hybridized carbons (Fsp3) is 0.333. The fourth-order valence-electron chi connectivity index (χ4n) is 3.42. The van der Waals surface area contributed by atoms with Gasteiger partial charge in [0.05, 0.1) is 11.4 Å². The molecule has 0 unspecified atom stereocenters. The van der Waals surface area contributed by atoms with Crippen LogP contribution in [0.4, 0.5) is 5.69 Å². The van der Waals surface area contributed by atoms with Gasteiger partial charge in [0.1, 0.15) is 10.4 Å². The Morgan fingerprint density at radius 3 is 2.70 bits per heavy atom. The lowest BCUT2D eigenvalue weighted by Gasteiger charge is -2.27. The van der Waals surface area contributed by atoms with E-state index < -0.39 is 10.0 Å². The van der Waals surface area contributed by atoms with Gasteiger partial charge < -0.3 is 9.73 Å². The molecule has 1 aromatic heterocycles. The lowest BCUT2D eigenvalue weighted by molar-refractivity contribution is -0.113. The van der Waals surface area contributed by atoms with Crippen molar-refractivity contribution in [2.24, 2.45) is 0 Å². The van der Waals surface area contributed by atoms with E-state index in [1.165, 1.54) is 16.1 Å². The summed E-state index contributed by atoms with van der Waals surface area (Å²) < 4.78 is 33.4. The van der Waals surface area contributed by atoms with Crippen LogP contribution in [0.15, 0.2) is 57.0 Å². The lowest BCUT2D eigenvalue weighted by Crippen LogP contribution is -2.36. The molecule has 0 atom stereocenters. The van der Waals surface area contributed by atoms with Crippen LogP contribution in [0.3, 0.4) is 0 Å². The number of thioether (sulfide) groups is 1. The average Bonchev–Trinajstić information content (AvgIpc) is 3.17. The van der Waals surface area contributed by atoms with Crippen molar-refractivity contribution in [1.82, 2.24) is 9.29 Å². The number of amides is 1. The summed E-state index contributed by atoms with van der Waals surface area (Å²) in [6, 6.07) is 12.4. The van der Waals surface area contributed by atoms with Crippen molar-refractivity contribution in [3.05, 3.63) is 48.0 Å². The smallest absolute Gasteiger partial charge is 0.257 e. The predicted octanol–water partition coefficient (Wildman–Crippen LogP) is 4.04. The van der Waals surface area contributed by atoms with Crippen LogP contribution in [0.1, 0.15) is 24.8 Å². The first-order valence-corrected chi connectivity index (χ1v) is 12.2. The highest BCUT2D eigenvalue weighted by Gasteiger charge is 2.29. The van der Waals surface area contributed by atoms with Gasteiger partial charge in [-0.05, 0) is 49.6 Å². The van der Waals surface area contributed by atoms with Crippen LogP contribution in [0, 0.1) is 6.92 Å². The molecule has 0 bridgehead atoms. The molecular weight excluding hydrogens is 422 g/mol. The first kappa shape index (κ1) is 20.9. The maximum absolute atomic E-state index is 13.2. The van der Waals surface area contributed by atoms with E-state index in [0.717, 1.165) is 30.3 Å². The van der Waals surface area contributed by atoms with Gasteiger partial charge >= 0.3 is 0 Å². The van der Waals surface area contributed by atoms with E-state index in [4.69, 9.17) is 4.42 Å². The van der Waals surface area contributed by atoms with E-state index >= 15 is 0 Å². The standard InChI is InChI=1S/C21H23N3O4S2/c1-15-9-10-17(19(13-15)30(26,27)24-11-5-2-6-12-24)22-20(25)14-29-21-23-16-7-3-4-8-18(16)28-21/h3-4,7-10,13H,2,5-6,11-12,14H2,1H3,(H,22,25). The van der Waals surface area contributed by atoms with Gasteiger partial charge in [-0.2, -0.15) is 4.31 Å². The van der Waals surface area contributed by atoms with Gasteiger partial charge in [0, 0.05) is 13.1 Å². The number of hydrogen-bond acceptors (Lipinski definition) is 6. The van der Waals surface area contributed by atoms with E-state index in [1.54, 1.807) is 18.2 Å². The molecule has 158 valence electrons. The Morgan fingerprint density at radius 2 is 1.93 bits per heavy atom. The highest BCUT2D eigenvalue weighted by atomic mass is 32.2. The highest BCUT2D eigenvalue weighted by Crippen LogP contribution is 2.29. The molecule has 30 heavy (non-hydrogen) atoms. The van der Waals surface area contributed by atoms with Crippen LogP contribution in [-0.4, -0.2) is 42.5 Å². The summed E-state index contributed by atoms with van der Waals surface area (Å²) in [4.78, 5) is 17.0. The van der Waals surface area contributed by atoms with Crippen molar-refractivity contribution >= 4 is 44.5 Å². The molecule has 0 aliphatic carbocycles. The number of aromatic nitrogens is 1. The molecule has 0 saturated carbocycles. The topological polar surface area (TPSA) is 92.5 Å². The summed E-state index contributed by atoms with van der Waals surface area (Å²) in [6.45, 7) is 2.86. The van der Waals surface area contributed by atoms with E-state index in [9.17, 15) is 13.2 Å². The van der Waals surface area contributed by atoms with Gasteiger partial charge in [-0.25, -0.2) is 13.4 Å². The van der Waals surface area contributed by atoms with Gasteiger partial charge in [0.25, 0.3) is 5.22 Å². The first-order chi connectivity index (χ1) is 14.4. The van der Waals surface area contributed by atoms with Gasteiger partial charge in [-0.15, -0.1) is 0 Å². The van der Waals surface area contributed by atoms with Crippen molar-refractivity contribution in [3.8, 4) is 0 Å². The van der Waals surface area contributed by atoms with E-state index in [1.807, 2.05) is 31.2 Å². The molecule has 1 saturated heterocycles. The summed E-state index contributed by atoms with van der Waals surface area (Å²) in [5.41, 5.74) is 2.52. The van der Waals surface area contributed by atoms with Crippen LogP contribution in [0.5, 0.6) is 0 Å². The summed E-state index contributed by atoms with van der Waals surface area (Å²) in [7, 11) is -3.66. The maximum atomic E-state index is 13.2. The molecule has 7 nitrogen and oxygen atoms in total. The molecule has 1 fully saturated rings. The van der Waals surface area contributed by atoms with E-state index in [0.29, 0.717) is 29.6 Å². The summed E-state index contributed by atoms with van der Waals surface area (Å²) in [5.74, 6) is -0.259. The Bertz CT molecular complexity index is 1130. The molecule has 1 amide bonds. The van der Waals surface area contributed by atoms with Gasteiger partial charge in [0.2, 0.25) is 15.9 Å². The van der Waals surface area contributed by atoms with Crippen LogP contribution in [-0.2, 0) is 14.8 Å². The zero-order valence-corrected chi connectivity index (χ0v) is 18.3. The van der Waals surface area contributed by atoms with Gasteiger partial charge in [-0.1, -0.05) is 36.4 Å². The number of benzene rings is 2. The Hall–Kier alpha value is -2.36. The lowest BCUT2D eigenvalue weighted by atomic mass is 10.2. The van der Waals surface area contributed by atoms with Crippen molar-refractivity contribution in [2.45, 2.75) is 36.3 Å². The van der Waals surface area contributed by atoms with E-state index in [2.05, 4.69) is 10.3 Å². The zero-order chi connectivity index (χ0) is 21.1. The molecule has 2 aromatic carbocycles. The zero-order valence-electron chi connectivity index (χ0n) is 16.6. The molecule has 2 heterocycles. The second kappa shape index (κ2) is 8.79. The Balaban J connectivity index is 1.49. The van der Waals surface area contributed by atoms with Gasteiger partial charge in [0.15, 0.2) is 5.58 Å².